The fraction of sp³-hybridized carbons (Fsp3) is 0.909. The van der Waals surface area contributed by atoms with Gasteiger partial charge >= 0.3 is 6.03 Å². The lowest BCUT2D eigenvalue weighted by Gasteiger charge is -2.34. The molecule has 0 radical (unpaired) electrons. The third-order valence-corrected chi connectivity index (χ3v) is 3.68. The smallest absolute Gasteiger partial charge is 0.319 e. The van der Waals surface area contributed by atoms with E-state index in [0.717, 1.165) is 31.5 Å². The zero-order valence-corrected chi connectivity index (χ0v) is 9.20. The van der Waals surface area contributed by atoms with E-state index in [1.165, 1.54) is 19.3 Å². The number of hydrogen-bond acceptors (Lipinski definition) is 1. The number of carbonyl (C=O) groups excluding carboxylic acids is 1. The van der Waals surface area contributed by atoms with Gasteiger partial charge in [-0.05, 0) is 38.0 Å². The molecule has 80 valence electrons. The van der Waals surface area contributed by atoms with Gasteiger partial charge in [0.2, 0.25) is 0 Å². The Morgan fingerprint density at radius 1 is 1.36 bits per heavy atom. The Bertz CT molecular complexity index is 217. The lowest BCUT2D eigenvalue weighted by atomic mass is 9.99. The topological polar surface area (TPSA) is 23.6 Å². The lowest BCUT2D eigenvalue weighted by Crippen LogP contribution is -2.46. The molecule has 1 saturated carbocycles. The number of hydrogen-bond donors (Lipinski definition) is 0. The summed E-state index contributed by atoms with van der Waals surface area (Å²) < 4.78 is 0. The van der Waals surface area contributed by atoms with Crippen LogP contribution in [0.15, 0.2) is 0 Å². The predicted octanol–water partition coefficient (Wildman–Crippen LogP) is 1.79. The minimum absolute atomic E-state index is 0.226. The van der Waals surface area contributed by atoms with Crippen molar-refractivity contribution in [2.75, 3.05) is 26.7 Å². The summed E-state index contributed by atoms with van der Waals surface area (Å²) in [6, 6.07) is 0.226. The molecule has 0 N–H and O–H groups in total. The number of likely N-dealkylation sites (tertiary alicyclic amines) is 1. The lowest BCUT2D eigenvalue weighted by molar-refractivity contribution is 0.134. The first-order valence-corrected chi connectivity index (χ1v) is 5.70. The van der Waals surface area contributed by atoms with Gasteiger partial charge in [0.1, 0.15) is 0 Å². The molecule has 2 amide bonds. The van der Waals surface area contributed by atoms with Crippen molar-refractivity contribution in [2.24, 2.45) is 11.8 Å². The number of carbonyl (C=O) groups is 1. The standard InChI is InChI=1S/C11H20N2O/c1-3-12(2)11(14)13-7-9-4-5-10(6-9)8-13/h9-10H,3-8H2,1-2H3. The van der Waals surface area contributed by atoms with Crippen LogP contribution in [0.5, 0.6) is 0 Å². The molecule has 2 atom stereocenters. The second kappa shape index (κ2) is 3.79. The van der Waals surface area contributed by atoms with Crippen LogP contribution >= 0.6 is 0 Å². The zero-order chi connectivity index (χ0) is 10.1. The summed E-state index contributed by atoms with van der Waals surface area (Å²) in [5.74, 6) is 1.59. The summed E-state index contributed by atoms with van der Waals surface area (Å²) in [4.78, 5) is 15.8. The first kappa shape index (κ1) is 9.81. The van der Waals surface area contributed by atoms with Gasteiger partial charge in [0, 0.05) is 26.7 Å². The molecule has 2 rings (SSSR count). The molecular formula is C11H20N2O. The third kappa shape index (κ3) is 1.72. The highest BCUT2D eigenvalue weighted by Crippen LogP contribution is 2.36. The first-order valence-electron chi connectivity index (χ1n) is 5.70. The number of urea groups is 1. The molecule has 3 nitrogen and oxygen atoms in total. The minimum Gasteiger partial charge on any atom is -0.328 e. The highest BCUT2D eigenvalue weighted by atomic mass is 16.2. The van der Waals surface area contributed by atoms with Gasteiger partial charge in [-0.25, -0.2) is 4.79 Å². The van der Waals surface area contributed by atoms with Crippen LogP contribution < -0.4 is 0 Å². The number of fused-ring (bicyclic) bond motifs is 2. The van der Waals surface area contributed by atoms with E-state index < -0.39 is 0 Å². The summed E-state index contributed by atoms with van der Waals surface area (Å²) in [5.41, 5.74) is 0. The van der Waals surface area contributed by atoms with Gasteiger partial charge in [-0.1, -0.05) is 0 Å². The van der Waals surface area contributed by atoms with Crippen LogP contribution in [0.1, 0.15) is 26.2 Å². The summed E-state index contributed by atoms with van der Waals surface area (Å²) in [7, 11) is 1.89. The predicted molar refractivity (Wildman–Crippen MR) is 56.1 cm³/mol. The number of piperidine rings is 1. The molecular weight excluding hydrogens is 176 g/mol. The first-order chi connectivity index (χ1) is 6.70. The molecule has 0 aromatic rings. The fourth-order valence-corrected chi connectivity index (χ4v) is 2.74. The Labute approximate surface area is 86.1 Å². The molecule has 1 aliphatic heterocycles. The monoisotopic (exact) mass is 196 g/mol. The summed E-state index contributed by atoms with van der Waals surface area (Å²) in [5, 5.41) is 0. The molecule has 2 aliphatic rings. The molecule has 1 heterocycles. The van der Waals surface area contributed by atoms with Crippen LogP contribution in [0.4, 0.5) is 4.79 Å². The Balaban J connectivity index is 1.95. The molecule has 0 spiro atoms. The fourth-order valence-electron chi connectivity index (χ4n) is 2.74. The molecule has 2 fully saturated rings. The Morgan fingerprint density at radius 3 is 2.43 bits per heavy atom. The van der Waals surface area contributed by atoms with Crippen molar-refractivity contribution >= 4 is 6.03 Å². The highest BCUT2D eigenvalue weighted by Gasteiger charge is 2.35. The molecule has 2 unspecified atom stereocenters. The highest BCUT2D eigenvalue weighted by molar-refractivity contribution is 5.74. The third-order valence-electron chi connectivity index (χ3n) is 3.68. The van der Waals surface area contributed by atoms with Gasteiger partial charge in [0.05, 0.1) is 0 Å². The molecule has 0 aromatic heterocycles. The van der Waals surface area contributed by atoms with Gasteiger partial charge in [0.25, 0.3) is 0 Å². The molecule has 2 bridgehead atoms. The van der Waals surface area contributed by atoms with Crippen molar-refractivity contribution in [3.63, 3.8) is 0 Å². The van der Waals surface area contributed by atoms with Crippen LogP contribution in [0.2, 0.25) is 0 Å². The second-order valence-electron chi connectivity index (χ2n) is 4.75. The van der Waals surface area contributed by atoms with E-state index in [0.29, 0.717) is 0 Å². The van der Waals surface area contributed by atoms with Gasteiger partial charge in [-0.15, -0.1) is 0 Å². The van der Waals surface area contributed by atoms with Crippen LogP contribution in [0, 0.1) is 11.8 Å². The average Bonchev–Trinajstić information content (AvgIpc) is 2.55. The van der Waals surface area contributed by atoms with Crippen molar-refractivity contribution in [1.82, 2.24) is 9.80 Å². The van der Waals surface area contributed by atoms with E-state index in [-0.39, 0.29) is 6.03 Å². The van der Waals surface area contributed by atoms with Crippen LogP contribution in [0.3, 0.4) is 0 Å². The van der Waals surface area contributed by atoms with Crippen molar-refractivity contribution in [1.29, 1.82) is 0 Å². The number of amides is 2. The van der Waals surface area contributed by atoms with Crippen molar-refractivity contribution in [2.45, 2.75) is 26.2 Å². The van der Waals surface area contributed by atoms with Gasteiger partial charge in [0.15, 0.2) is 0 Å². The maximum Gasteiger partial charge on any atom is 0.319 e. The number of rotatable bonds is 1. The average molecular weight is 196 g/mol. The van der Waals surface area contributed by atoms with Gasteiger partial charge in [-0.2, -0.15) is 0 Å². The summed E-state index contributed by atoms with van der Waals surface area (Å²) in [6.45, 7) is 4.83. The molecule has 3 heteroatoms. The molecule has 14 heavy (non-hydrogen) atoms. The normalized spacial score (nSPS) is 30.6. The quantitative estimate of drug-likeness (QED) is 0.627. The maximum atomic E-state index is 11.9. The molecule has 1 saturated heterocycles. The van der Waals surface area contributed by atoms with Gasteiger partial charge in [-0.3, -0.25) is 0 Å². The summed E-state index contributed by atoms with van der Waals surface area (Å²) >= 11 is 0. The maximum absolute atomic E-state index is 11.9. The van der Waals surface area contributed by atoms with E-state index in [4.69, 9.17) is 0 Å². The van der Waals surface area contributed by atoms with Crippen LogP contribution in [-0.4, -0.2) is 42.5 Å². The van der Waals surface area contributed by atoms with E-state index in [2.05, 4.69) is 4.90 Å². The van der Waals surface area contributed by atoms with E-state index in [9.17, 15) is 4.79 Å². The largest absolute Gasteiger partial charge is 0.328 e. The van der Waals surface area contributed by atoms with Crippen LogP contribution in [-0.2, 0) is 0 Å². The Hall–Kier alpha value is -0.730. The van der Waals surface area contributed by atoms with Crippen molar-refractivity contribution in [3.8, 4) is 0 Å². The SMILES string of the molecule is CCN(C)C(=O)N1CC2CCC(C2)C1. The minimum atomic E-state index is 0.226. The van der Waals surface area contributed by atoms with Crippen molar-refractivity contribution in [3.05, 3.63) is 0 Å². The Kier molecular flexibility index (Phi) is 2.66. The zero-order valence-electron chi connectivity index (χ0n) is 9.20. The van der Waals surface area contributed by atoms with Crippen molar-refractivity contribution < 1.29 is 4.79 Å². The summed E-state index contributed by atoms with van der Waals surface area (Å²) in [6.07, 6.45) is 4.04. The van der Waals surface area contributed by atoms with E-state index >= 15 is 0 Å². The Morgan fingerprint density at radius 2 is 1.93 bits per heavy atom. The van der Waals surface area contributed by atoms with Gasteiger partial charge < -0.3 is 9.80 Å². The number of nitrogens with zero attached hydrogens (tertiary/aromatic N) is 2. The van der Waals surface area contributed by atoms with Crippen LogP contribution in [0.25, 0.3) is 0 Å². The van der Waals surface area contributed by atoms with E-state index in [1.807, 2.05) is 18.9 Å². The molecule has 1 aliphatic carbocycles. The second-order valence-corrected chi connectivity index (χ2v) is 4.75. The molecule has 0 aromatic carbocycles. The van der Waals surface area contributed by atoms with E-state index in [1.54, 1.807) is 0 Å².